The number of hydrogen-bond acceptors (Lipinski definition) is 5. The summed E-state index contributed by atoms with van der Waals surface area (Å²) < 4.78 is 10.5. The monoisotopic (exact) mass is 368 g/mol. The summed E-state index contributed by atoms with van der Waals surface area (Å²) in [6.07, 6.45) is 0.567. The third-order valence-corrected chi connectivity index (χ3v) is 3.80. The molecule has 0 fully saturated rings. The summed E-state index contributed by atoms with van der Waals surface area (Å²) >= 11 is 0. The summed E-state index contributed by atoms with van der Waals surface area (Å²) in [5, 5.41) is 0. The maximum Gasteiger partial charge on any atom is 0.374 e. The van der Waals surface area contributed by atoms with E-state index in [9.17, 15) is 14.4 Å². The van der Waals surface area contributed by atoms with Crippen molar-refractivity contribution in [3.63, 3.8) is 0 Å². The number of esters is 1. The minimum Gasteiger partial charge on any atom is -0.491 e. The molecule has 0 unspecified atom stereocenters. The standard InChI is InChI=1S/C22H24O5/c1-16(2)27-19-13-11-18(12-14-19)20(23)9-6-10-21(24)22(25)26-15-17-7-4-3-5-8-17/h3-5,7-8,11-14,16H,6,9-10,15H2,1-2H3. The van der Waals surface area contributed by atoms with E-state index in [0.29, 0.717) is 17.7 Å². The summed E-state index contributed by atoms with van der Waals surface area (Å²) in [6.45, 7) is 3.93. The van der Waals surface area contributed by atoms with Crippen LogP contribution in [0.15, 0.2) is 54.6 Å². The fraction of sp³-hybridized carbons (Fsp3) is 0.318. The molecule has 0 aromatic heterocycles. The quantitative estimate of drug-likeness (QED) is 0.358. The van der Waals surface area contributed by atoms with Gasteiger partial charge in [-0.25, -0.2) is 4.79 Å². The number of benzene rings is 2. The number of hydrogen-bond donors (Lipinski definition) is 0. The molecule has 142 valence electrons. The van der Waals surface area contributed by atoms with E-state index < -0.39 is 11.8 Å². The van der Waals surface area contributed by atoms with Crippen LogP contribution in [0.2, 0.25) is 0 Å². The van der Waals surface area contributed by atoms with Crippen LogP contribution < -0.4 is 4.74 Å². The lowest BCUT2D eigenvalue weighted by molar-refractivity contribution is -0.154. The van der Waals surface area contributed by atoms with Crippen molar-refractivity contribution in [2.75, 3.05) is 0 Å². The summed E-state index contributed by atoms with van der Waals surface area (Å²) in [7, 11) is 0. The number of carbonyl (C=O) groups is 3. The Hall–Kier alpha value is -2.95. The SMILES string of the molecule is CC(C)Oc1ccc(C(=O)CCCC(=O)C(=O)OCc2ccccc2)cc1. The molecule has 5 heteroatoms. The Morgan fingerprint density at radius 1 is 0.889 bits per heavy atom. The molecular formula is C22H24O5. The Bertz CT molecular complexity index is 763. The molecule has 2 aromatic carbocycles. The van der Waals surface area contributed by atoms with Gasteiger partial charge in [-0.3, -0.25) is 9.59 Å². The predicted octanol–water partition coefficient (Wildman–Crippen LogP) is 4.14. The van der Waals surface area contributed by atoms with Gasteiger partial charge in [0.1, 0.15) is 12.4 Å². The van der Waals surface area contributed by atoms with Crippen molar-refractivity contribution in [2.45, 2.75) is 45.8 Å². The normalized spacial score (nSPS) is 10.5. The Morgan fingerprint density at radius 3 is 2.19 bits per heavy atom. The molecule has 0 saturated heterocycles. The molecule has 2 rings (SSSR count). The third-order valence-electron chi connectivity index (χ3n) is 3.80. The van der Waals surface area contributed by atoms with Crippen LogP contribution in [0.5, 0.6) is 5.75 Å². The Morgan fingerprint density at radius 2 is 1.56 bits per heavy atom. The van der Waals surface area contributed by atoms with Crippen molar-refractivity contribution in [1.82, 2.24) is 0 Å². The van der Waals surface area contributed by atoms with E-state index in [2.05, 4.69) is 0 Å². The van der Waals surface area contributed by atoms with Gasteiger partial charge in [0.05, 0.1) is 6.10 Å². The second-order valence-corrected chi connectivity index (χ2v) is 6.45. The summed E-state index contributed by atoms with van der Waals surface area (Å²) in [5.74, 6) is -0.838. The van der Waals surface area contributed by atoms with Crippen LogP contribution >= 0.6 is 0 Å². The van der Waals surface area contributed by atoms with Crippen molar-refractivity contribution < 1.29 is 23.9 Å². The molecule has 0 saturated carbocycles. The lowest BCUT2D eigenvalue weighted by Crippen LogP contribution is -2.17. The summed E-state index contributed by atoms with van der Waals surface area (Å²) in [4.78, 5) is 35.7. The Labute approximate surface area is 159 Å². The molecule has 0 N–H and O–H groups in total. The van der Waals surface area contributed by atoms with E-state index in [0.717, 1.165) is 5.56 Å². The molecule has 27 heavy (non-hydrogen) atoms. The van der Waals surface area contributed by atoms with Crippen LogP contribution in [0.3, 0.4) is 0 Å². The highest BCUT2D eigenvalue weighted by atomic mass is 16.5. The lowest BCUT2D eigenvalue weighted by Gasteiger charge is -2.09. The molecule has 0 bridgehead atoms. The number of carbonyl (C=O) groups excluding carboxylic acids is 3. The van der Waals surface area contributed by atoms with E-state index in [1.54, 1.807) is 24.3 Å². The van der Waals surface area contributed by atoms with Gasteiger partial charge in [0.15, 0.2) is 5.78 Å². The fourth-order valence-electron chi connectivity index (χ4n) is 2.45. The van der Waals surface area contributed by atoms with E-state index in [4.69, 9.17) is 9.47 Å². The molecule has 0 amide bonds. The third kappa shape index (κ3) is 7.05. The molecule has 2 aromatic rings. The van der Waals surface area contributed by atoms with Crippen molar-refractivity contribution in [3.05, 3.63) is 65.7 Å². The van der Waals surface area contributed by atoms with Crippen molar-refractivity contribution in [2.24, 2.45) is 0 Å². The molecule has 5 nitrogen and oxygen atoms in total. The van der Waals surface area contributed by atoms with E-state index in [1.807, 2.05) is 44.2 Å². The van der Waals surface area contributed by atoms with E-state index in [-0.39, 0.29) is 31.3 Å². The maximum absolute atomic E-state index is 12.2. The molecule has 0 radical (unpaired) electrons. The van der Waals surface area contributed by atoms with Gasteiger partial charge in [0, 0.05) is 18.4 Å². The van der Waals surface area contributed by atoms with Gasteiger partial charge in [-0.15, -0.1) is 0 Å². The maximum atomic E-state index is 12.2. The molecular weight excluding hydrogens is 344 g/mol. The minimum absolute atomic E-state index is 0.00604. The molecule has 0 atom stereocenters. The summed E-state index contributed by atoms with van der Waals surface area (Å²) in [6, 6.07) is 16.1. The first kappa shape index (κ1) is 20.4. The predicted molar refractivity (Wildman–Crippen MR) is 102 cm³/mol. The average Bonchev–Trinajstić information content (AvgIpc) is 2.66. The molecule has 0 aliphatic rings. The molecule has 0 spiro atoms. The van der Waals surface area contributed by atoms with Gasteiger partial charge >= 0.3 is 5.97 Å². The second-order valence-electron chi connectivity index (χ2n) is 6.45. The zero-order chi connectivity index (χ0) is 19.6. The second kappa shape index (κ2) is 10.3. The van der Waals surface area contributed by atoms with Gasteiger partial charge in [0.25, 0.3) is 0 Å². The van der Waals surface area contributed by atoms with Crippen LogP contribution in [0.1, 0.15) is 49.0 Å². The smallest absolute Gasteiger partial charge is 0.374 e. The molecule has 0 heterocycles. The van der Waals surface area contributed by atoms with Crippen molar-refractivity contribution in [3.8, 4) is 5.75 Å². The molecule has 0 aliphatic carbocycles. The van der Waals surface area contributed by atoms with Crippen LogP contribution in [0.25, 0.3) is 0 Å². The van der Waals surface area contributed by atoms with E-state index in [1.165, 1.54) is 0 Å². The highest BCUT2D eigenvalue weighted by Crippen LogP contribution is 2.16. The highest BCUT2D eigenvalue weighted by molar-refractivity contribution is 6.33. The lowest BCUT2D eigenvalue weighted by atomic mass is 10.0. The van der Waals surface area contributed by atoms with Gasteiger partial charge in [-0.1, -0.05) is 30.3 Å². The van der Waals surface area contributed by atoms with Gasteiger partial charge in [-0.2, -0.15) is 0 Å². The van der Waals surface area contributed by atoms with Gasteiger partial charge in [-0.05, 0) is 50.1 Å². The largest absolute Gasteiger partial charge is 0.491 e. The summed E-state index contributed by atoms with van der Waals surface area (Å²) in [5.41, 5.74) is 1.38. The first-order chi connectivity index (χ1) is 13.0. The number of ketones is 2. The van der Waals surface area contributed by atoms with Crippen LogP contribution in [-0.4, -0.2) is 23.6 Å². The minimum atomic E-state index is -0.860. The zero-order valence-electron chi connectivity index (χ0n) is 15.6. The number of Topliss-reactive ketones (excluding diaryl/α,β-unsaturated/α-hetero) is 2. The van der Waals surface area contributed by atoms with Gasteiger partial charge in [0.2, 0.25) is 5.78 Å². The van der Waals surface area contributed by atoms with Crippen LogP contribution in [0.4, 0.5) is 0 Å². The van der Waals surface area contributed by atoms with Crippen molar-refractivity contribution in [1.29, 1.82) is 0 Å². The van der Waals surface area contributed by atoms with E-state index >= 15 is 0 Å². The fourth-order valence-corrected chi connectivity index (χ4v) is 2.45. The van der Waals surface area contributed by atoms with Crippen LogP contribution in [0, 0.1) is 0 Å². The average molecular weight is 368 g/mol. The van der Waals surface area contributed by atoms with Crippen LogP contribution in [-0.2, 0) is 20.9 Å². The Balaban J connectivity index is 1.72. The number of rotatable bonds is 10. The highest BCUT2D eigenvalue weighted by Gasteiger charge is 2.16. The topological polar surface area (TPSA) is 69.7 Å². The first-order valence-electron chi connectivity index (χ1n) is 8.99. The molecule has 0 aliphatic heterocycles. The zero-order valence-corrected chi connectivity index (χ0v) is 15.6. The number of ether oxygens (including phenoxy) is 2. The first-order valence-corrected chi connectivity index (χ1v) is 8.99. The van der Waals surface area contributed by atoms with Crippen molar-refractivity contribution >= 4 is 17.5 Å². The van der Waals surface area contributed by atoms with Gasteiger partial charge < -0.3 is 9.47 Å². The Kier molecular flexibility index (Phi) is 7.74.